The molecule has 1 aliphatic carbocycles. The minimum absolute atomic E-state index is 0.187. The lowest BCUT2D eigenvalue weighted by Crippen LogP contribution is -2.29. The number of nitrogens with zero attached hydrogens (tertiary/aromatic N) is 2. The van der Waals surface area contributed by atoms with Crippen LogP contribution in [0.1, 0.15) is 31.4 Å². The molecule has 0 amide bonds. The standard InChI is InChI=1S/C13H21N3O/c1-10(14-2)11-3-6-13(15-9-11)16(7-8-17)12-4-5-12/h3,6,9-10,12,14,17H,4-5,7-8H2,1-2H3. The van der Waals surface area contributed by atoms with Crippen LogP contribution in [0, 0.1) is 0 Å². The molecule has 0 spiro atoms. The molecule has 1 atom stereocenters. The lowest BCUT2D eigenvalue weighted by Gasteiger charge is -2.23. The maximum atomic E-state index is 9.08. The van der Waals surface area contributed by atoms with Crippen molar-refractivity contribution in [3.63, 3.8) is 0 Å². The number of nitrogens with one attached hydrogen (secondary N) is 1. The van der Waals surface area contributed by atoms with Gasteiger partial charge in [0.1, 0.15) is 5.82 Å². The van der Waals surface area contributed by atoms with Gasteiger partial charge in [0.05, 0.1) is 6.61 Å². The van der Waals surface area contributed by atoms with Crippen LogP contribution >= 0.6 is 0 Å². The fourth-order valence-electron chi connectivity index (χ4n) is 1.97. The first-order chi connectivity index (χ1) is 8.26. The maximum Gasteiger partial charge on any atom is 0.128 e. The van der Waals surface area contributed by atoms with Crippen LogP contribution in [0.15, 0.2) is 18.3 Å². The van der Waals surface area contributed by atoms with E-state index in [0.29, 0.717) is 18.6 Å². The highest BCUT2D eigenvalue weighted by Crippen LogP contribution is 2.30. The minimum Gasteiger partial charge on any atom is -0.395 e. The SMILES string of the molecule is CNC(C)c1ccc(N(CCO)C2CC2)nc1. The summed E-state index contributed by atoms with van der Waals surface area (Å²) >= 11 is 0. The summed E-state index contributed by atoms with van der Waals surface area (Å²) < 4.78 is 0. The van der Waals surface area contributed by atoms with E-state index >= 15 is 0 Å². The van der Waals surface area contributed by atoms with Crippen molar-refractivity contribution in [2.24, 2.45) is 0 Å². The highest BCUT2D eigenvalue weighted by atomic mass is 16.3. The first kappa shape index (κ1) is 12.3. The van der Waals surface area contributed by atoms with Gasteiger partial charge in [0, 0.05) is 24.8 Å². The van der Waals surface area contributed by atoms with Crippen molar-refractivity contribution in [2.75, 3.05) is 25.1 Å². The molecule has 0 aromatic carbocycles. The van der Waals surface area contributed by atoms with Crippen LogP contribution in [0.25, 0.3) is 0 Å². The average Bonchev–Trinajstić information content (AvgIpc) is 3.19. The van der Waals surface area contributed by atoms with Crippen LogP contribution in [-0.2, 0) is 0 Å². The fraction of sp³-hybridized carbons (Fsp3) is 0.615. The predicted molar refractivity (Wildman–Crippen MR) is 69.2 cm³/mol. The van der Waals surface area contributed by atoms with Crippen molar-refractivity contribution >= 4 is 5.82 Å². The molecule has 4 heteroatoms. The molecule has 17 heavy (non-hydrogen) atoms. The van der Waals surface area contributed by atoms with Gasteiger partial charge < -0.3 is 15.3 Å². The molecule has 1 saturated carbocycles. The Morgan fingerprint density at radius 2 is 2.29 bits per heavy atom. The number of hydrogen-bond donors (Lipinski definition) is 2. The third-order valence-electron chi connectivity index (χ3n) is 3.33. The normalized spacial score (nSPS) is 16.9. The summed E-state index contributed by atoms with van der Waals surface area (Å²) in [5, 5.41) is 12.3. The van der Waals surface area contributed by atoms with Crippen molar-refractivity contribution in [1.82, 2.24) is 10.3 Å². The Balaban J connectivity index is 2.09. The Hall–Kier alpha value is -1.13. The van der Waals surface area contributed by atoms with E-state index in [0.717, 1.165) is 5.82 Å². The molecule has 0 saturated heterocycles. The van der Waals surface area contributed by atoms with Crippen LogP contribution < -0.4 is 10.2 Å². The van der Waals surface area contributed by atoms with Gasteiger partial charge in [-0.3, -0.25) is 0 Å². The Labute approximate surface area is 103 Å². The largest absolute Gasteiger partial charge is 0.395 e. The van der Waals surface area contributed by atoms with Crippen LogP contribution in [0.2, 0.25) is 0 Å². The molecule has 1 aromatic rings. The van der Waals surface area contributed by atoms with Crippen LogP contribution in [0.3, 0.4) is 0 Å². The van der Waals surface area contributed by atoms with E-state index in [4.69, 9.17) is 5.11 Å². The number of aromatic nitrogens is 1. The zero-order valence-corrected chi connectivity index (χ0v) is 10.6. The van der Waals surface area contributed by atoms with Crippen LogP contribution in [0.5, 0.6) is 0 Å². The van der Waals surface area contributed by atoms with E-state index in [2.05, 4.69) is 34.3 Å². The predicted octanol–water partition coefficient (Wildman–Crippen LogP) is 1.32. The second kappa shape index (κ2) is 5.47. The number of pyridine rings is 1. The van der Waals surface area contributed by atoms with Crippen LogP contribution in [0.4, 0.5) is 5.82 Å². The number of aliphatic hydroxyl groups is 1. The molecule has 0 aliphatic heterocycles. The third kappa shape index (κ3) is 2.96. The zero-order chi connectivity index (χ0) is 12.3. The van der Waals surface area contributed by atoms with Gasteiger partial charge in [0.25, 0.3) is 0 Å². The van der Waals surface area contributed by atoms with Gasteiger partial charge in [-0.05, 0) is 38.4 Å². The van der Waals surface area contributed by atoms with E-state index in [1.165, 1.54) is 18.4 Å². The molecule has 94 valence electrons. The summed E-state index contributed by atoms with van der Waals surface area (Å²) in [4.78, 5) is 6.70. The van der Waals surface area contributed by atoms with E-state index in [1.54, 1.807) is 0 Å². The van der Waals surface area contributed by atoms with Gasteiger partial charge >= 0.3 is 0 Å². The van der Waals surface area contributed by atoms with Gasteiger partial charge in [-0.2, -0.15) is 0 Å². The summed E-state index contributed by atoms with van der Waals surface area (Å²) in [6.07, 6.45) is 4.36. The van der Waals surface area contributed by atoms with Crippen molar-refractivity contribution in [2.45, 2.75) is 31.8 Å². The molecule has 2 rings (SSSR count). The van der Waals surface area contributed by atoms with Crippen molar-refractivity contribution in [1.29, 1.82) is 0 Å². The fourth-order valence-corrected chi connectivity index (χ4v) is 1.97. The highest BCUT2D eigenvalue weighted by Gasteiger charge is 2.29. The molecule has 1 aliphatic rings. The zero-order valence-electron chi connectivity index (χ0n) is 10.6. The molecule has 2 N–H and O–H groups in total. The molecule has 1 fully saturated rings. The molecule has 1 aromatic heterocycles. The van der Waals surface area contributed by atoms with E-state index in [1.807, 2.05) is 13.2 Å². The highest BCUT2D eigenvalue weighted by molar-refractivity contribution is 5.42. The molecule has 1 heterocycles. The smallest absolute Gasteiger partial charge is 0.128 e. The Kier molecular flexibility index (Phi) is 3.97. The Bertz CT molecular complexity index is 348. The number of rotatable bonds is 6. The molecular formula is C13H21N3O. The van der Waals surface area contributed by atoms with Crippen LogP contribution in [-0.4, -0.2) is 36.3 Å². The first-order valence-electron chi connectivity index (χ1n) is 6.27. The van der Waals surface area contributed by atoms with Gasteiger partial charge in [0.15, 0.2) is 0 Å². The van der Waals surface area contributed by atoms with E-state index in [-0.39, 0.29) is 6.61 Å². The summed E-state index contributed by atoms with van der Waals surface area (Å²) in [6, 6.07) is 5.07. The van der Waals surface area contributed by atoms with Gasteiger partial charge in [0.2, 0.25) is 0 Å². The number of anilines is 1. The quantitative estimate of drug-likeness (QED) is 0.781. The average molecular weight is 235 g/mol. The summed E-state index contributed by atoms with van der Waals surface area (Å²) in [5.74, 6) is 0.980. The molecule has 4 nitrogen and oxygen atoms in total. The summed E-state index contributed by atoms with van der Waals surface area (Å²) in [7, 11) is 1.95. The molecular weight excluding hydrogens is 214 g/mol. The minimum atomic E-state index is 0.187. The topological polar surface area (TPSA) is 48.4 Å². The second-order valence-corrected chi connectivity index (χ2v) is 4.61. The lowest BCUT2D eigenvalue weighted by atomic mass is 10.1. The monoisotopic (exact) mass is 235 g/mol. The Morgan fingerprint density at radius 3 is 2.76 bits per heavy atom. The number of aliphatic hydroxyl groups excluding tert-OH is 1. The first-order valence-corrected chi connectivity index (χ1v) is 6.27. The van der Waals surface area contributed by atoms with Gasteiger partial charge in [-0.25, -0.2) is 4.98 Å². The molecule has 0 radical (unpaired) electrons. The Morgan fingerprint density at radius 1 is 1.53 bits per heavy atom. The maximum absolute atomic E-state index is 9.08. The third-order valence-corrected chi connectivity index (χ3v) is 3.33. The summed E-state index contributed by atoms with van der Waals surface area (Å²) in [5.41, 5.74) is 1.19. The van der Waals surface area contributed by atoms with Crippen molar-refractivity contribution < 1.29 is 5.11 Å². The molecule has 0 bridgehead atoms. The van der Waals surface area contributed by atoms with Gasteiger partial charge in [-0.15, -0.1) is 0 Å². The van der Waals surface area contributed by atoms with Crippen molar-refractivity contribution in [3.8, 4) is 0 Å². The van der Waals surface area contributed by atoms with E-state index in [9.17, 15) is 0 Å². The molecule has 1 unspecified atom stereocenters. The second-order valence-electron chi connectivity index (χ2n) is 4.61. The summed E-state index contributed by atoms with van der Waals surface area (Å²) in [6.45, 7) is 2.98. The van der Waals surface area contributed by atoms with E-state index < -0.39 is 0 Å². The number of hydrogen-bond acceptors (Lipinski definition) is 4. The lowest BCUT2D eigenvalue weighted by molar-refractivity contribution is 0.301. The van der Waals surface area contributed by atoms with Gasteiger partial charge in [-0.1, -0.05) is 6.07 Å². The van der Waals surface area contributed by atoms with Crippen molar-refractivity contribution in [3.05, 3.63) is 23.9 Å².